The first-order chi connectivity index (χ1) is 19.0. The highest BCUT2D eigenvalue weighted by Gasteiger charge is 2.18. The average molecular weight is 525 g/mol. The number of benzene rings is 4. The molecular formula is C33H33FN2O3. The van der Waals surface area contributed by atoms with Crippen LogP contribution in [0.2, 0.25) is 0 Å². The van der Waals surface area contributed by atoms with E-state index >= 15 is 0 Å². The maximum atomic E-state index is 14.3. The number of carbonyl (C=O) groups is 2. The summed E-state index contributed by atoms with van der Waals surface area (Å²) in [6.07, 6.45) is 0.779. The van der Waals surface area contributed by atoms with E-state index in [2.05, 4.69) is 17.6 Å². The summed E-state index contributed by atoms with van der Waals surface area (Å²) in [5.74, 6) is -0.654. The van der Waals surface area contributed by atoms with E-state index in [1.165, 1.54) is 6.07 Å². The van der Waals surface area contributed by atoms with Gasteiger partial charge < -0.3 is 15.4 Å². The van der Waals surface area contributed by atoms with E-state index in [1.807, 2.05) is 79.7 Å². The van der Waals surface area contributed by atoms with E-state index in [4.69, 9.17) is 4.74 Å². The van der Waals surface area contributed by atoms with E-state index in [-0.39, 0.29) is 30.9 Å². The fourth-order valence-corrected chi connectivity index (χ4v) is 4.48. The summed E-state index contributed by atoms with van der Waals surface area (Å²) in [6.45, 7) is 4.18. The highest BCUT2D eigenvalue weighted by Crippen LogP contribution is 2.28. The lowest BCUT2D eigenvalue weighted by Crippen LogP contribution is -2.26. The number of nitrogens with one attached hydrogen (secondary N) is 2. The van der Waals surface area contributed by atoms with Gasteiger partial charge in [0.05, 0.1) is 0 Å². The Labute approximate surface area is 229 Å². The molecule has 4 rings (SSSR count). The average Bonchev–Trinajstić information content (AvgIpc) is 2.96. The van der Waals surface area contributed by atoms with E-state index in [9.17, 15) is 14.0 Å². The number of alkyl carbamates (subject to hydrolysis) is 1. The number of ether oxygens (including phenoxy) is 1. The van der Waals surface area contributed by atoms with Crippen LogP contribution in [-0.4, -0.2) is 12.0 Å². The maximum Gasteiger partial charge on any atom is 0.408 e. The summed E-state index contributed by atoms with van der Waals surface area (Å²) in [5, 5.41) is 5.71. The largest absolute Gasteiger partial charge is 0.441 e. The van der Waals surface area contributed by atoms with Crippen molar-refractivity contribution < 1.29 is 18.7 Å². The summed E-state index contributed by atoms with van der Waals surface area (Å²) >= 11 is 0. The molecule has 1 atom stereocenters. The minimum atomic E-state index is -0.502. The molecule has 0 fully saturated rings. The summed E-state index contributed by atoms with van der Waals surface area (Å²) < 4.78 is 20.0. The molecule has 39 heavy (non-hydrogen) atoms. The van der Waals surface area contributed by atoms with Crippen LogP contribution in [0, 0.1) is 12.7 Å². The second-order valence-electron chi connectivity index (χ2n) is 9.43. The minimum Gasteiger partial charge on any atom is -0.441 e. The lowest BCUT2D eigenvalue weighted by Gasteiger charge is -2.19. The van der Waals surface area contributed by atoms with Crippen LogP contribution in [0.3, 0.4) is 0 Å². The molecule has 0 aliphatic carbocycles. The van der Waals surface area contributed by atoms with Gasteiger partial charge in [0.15, 0.2) is 0 Å². The van der Waals surface area contributed by atoms with Crippen molar-refractivity contribution in [3.8, 4) is 11.1 Å². The third-order valence-corrected chi connectivity index (χ3v) is 6.52. The zero-order valence-corrected chi connectivity index (χ0v) is 22.2. The molecule has 200 valence electrons. The third kappa shape index (κ3) is 7.32. The van der Waals surface area contributed by atoms with Crippen molar-refractivity contribution in [2.75, 3.05) is 0 Å². The van der Waals surface area contributed by atoms with Gasteiger partial charge in [0.2, 0.25) is 0 Å². The van der Waals surface area contributed by atoms with Crippen LogP contribution < -0.4 is 10.6 Å². The Morgan fingerprint density at radius 1 is 0.795 bits per heavy atom. The highest BCUT2D eigenvalue weighted by molar-refractivity contribution is 6.01. The molecule has 2 amide bonds. The number of halogens is 1. The molecule has 4 aromatic carbocycles. The standard InChI is InChI=1S/C33H33FN2O3/c1-3-11-31(24-12-5-4-6-13-24)39-33(38)36-21-25-14-7-8-15-27(25)28-16-9-10-17-29(28)32(37)35-22-26-19-18-23(2)20-30(26)34/h4-10,12-20,31H,3,11,21-22H2,1-2H3,(H,35,37)(H,36,38)/t31-/m0/s1. The summed E-state index contributed by atoms with van der Waals surface area (Å²) in [6, 6.07) is 29.5. The van der Waals surface area contributed by atoms with E-state index < -0.39 is 6.09 Å². The maximum absolute atomic E-state index is 14.3. The lowest BCUT2D eigenvalue weighted by atomic mass is 9.95. The van der Waals surface area contributed by atoms with Crippen LogP contribution in [-0.2, 0) is 17.8 Å². The van der Waals surface area contributed by atoms with Gasteiger partial charge in [-0.2, -0.15) is 0 Å². The summed E-state index contributed by atoms with van der Waals surface area (Å²) in [5.41, 5.74) is 5.05. The number of aryl methyl sites for hydroxylation is 1. The van der Waals surface area contributed by atoms with Gasteiger partial charge in [0, 0.05) is 24.2 Å². The van der Waals surface area contributed by atoms with E-state index in [0.29, 0.717) is 11.1 Å². The molecule has 0 aliphatic heterocycles. The van der Waals surface area contributed by atoms with Crippen molar-refractivity contribution in [2.24, 2.45) is 0 Å². The number of carbonyl (C=O) groups excluding carboxylic acids is 2. The van der Waals surface area contributed by atoms with Gasteiger partial charge >= 0.3 is 6.09 Å². The van der Waals surface area contributed by atoms with Crippen molar-refractivity contribution in [2.45, 2.75) is 45.9 Å². The van der Waals surface area contributed by atoms with Crippen LogP contribution in [0.4, 0.5) is 9.18 Å². The summed E-state index contributed by atoms with van der Waals surface area (Å²) in [7, 11) is 0. The molecular weight excluding hydrogens is 491 g/mol. The predicted molar refractivity (Wildman–Crippen MR) is 152 cm³/mol. The monoisotopic (exact) mass is 524 g/mol. The van der Waals surface area contributed by atoms with Crippen LogP contribution in [0.1, 0.15) is 58.5 Å². The Kier molecular flexibility index (Phi) is 9.46. The molecule has 0 aliphatic rings. The van der Waals surface area contributed by atoms with Gasteiger partial charge in [-0.25, -0.2) is 9.18 Å². The van der Waals surface area contributed by atoms with E-state index in [0.717, 1.165) is 40.7 Å². The Morgan fingerprint density at radius 2 is 1.46 bits per heavy atom. The van der Waals surface area contributed by atoms with Crippen LogP contribution >= 0.6 is 0 Å². The van der Waals surface area contributed by atoms with Crippen LogP contribution in [0.5, 0.6) is 0 Å². The summed E-state index contributed by atoms with van der Waals surface area (Å²) in [4.78, 5) is 25.9. The second-order valence-corrected chi connectivity index (χ2v) is 9.43. The number of rotatable bonds is 10. The molecule has 2 N–H and O–H groups in total. The first-order valence-corrected chi connectivity index (χ1v) is 13.2. The zero-order chi connectivity index (χ0) is 27.6. The third-order valence-electron chi connectivity index (χ3n) is 6.52. The molecule has 0 saturated heterocycles. The quantitative estimate of drug-likeness (QED) is 0.226. The number of hydrogen-bond acceptors (Lipinski definition) is 3. The van der Waals surface area contributed by atoms with Crippen LogP contribution in [0.25, 0.3) is 11.1 Å². The Balaban J connectivity index is 1.47. The van der Waals surface area contributed by atoms with Crippen LogP contribution in [0.15, 0.2) is 97.1 Å². The van der Waals surface area contributed by atoms with Gasteiger partial charge in [-0.15, -0.1) is 0 Å². The highest BCUT2D eigenvalue weighted by atomic mass is 19.1. The van der Waals surface area contributed by atoms with E-state index in [1.54, 1.807) is 18.2 Å². The molecule has 0 bridgehead atoms. The fourth-order valence-electron chi connectivity index (χ4n) is 4.48. The predicted octanol–water partition coefficient (Wildman–Crippen LogP) is 7.50. The molecule has 0 saturated carbocycles. The lowest BCUT2D eigenvalue weighted by molar-refractivity contribution is 0.0914. The van der Waals surface area contributed by atoms with Gasteiger partial charge in [-0.3, -0.25) is 4.79 Å². The Bertz CT molecular complexity index is 1420. The minimum absolute atomic E-state index is 0.0780. The molecule has 0 radical (unpaired) electrons. The molecule has 0 unspecified atom stereocenters. The van der Waals surface area contributed by atoms with Gasteiger partial charge in [0.1, 0.15) is 11.9 Å². The zero-order valence-electron chi connectivity index (χ0n) is 22.2. The fraction of sp³-hybridized carbons (Fsp3) is 0.212. The van der Waals surface area contributed by atoms with Gasteiger partial charge in [-0.1, -0.05) is 98.3 Å². The second kappa shape index (κ2) is 13.4. The normalized spacial score (nSPS) is 11.5. The first-order valence-electron chi connectivity index (χ1n) is 13.2. The molecule has 0 spiro atoms. The number of hydrogen-bond donors (Lipinski definition) is 2. The molecule has 0 heterocycles. The molecule has 6 heteroatoms. The van der Waals surface area contributed by atoms with Gasteiger partial charge in [-0.05, 0) is 53.3 Å². The number of amides is 2. The molecule has 5 nitrogen and oxygen atoms in total. The molecule has 4 aromatic rings. The topological polar surface area (TPSA) is 67.4 Å². The Morgan fingerprint density at radius 3 is 2.21 bits per heavy atom. The van der Waals surface area contributed by atoms with Crippen molar-refractivity contribution in [1.29, 1.82) is 0 Å². The van der Waals surface area contributed by atoms with Crippen molar-refractivity contribution in [1.82, 2.24) is 10.6 Å². The first kappa shape index (κ1) is 27.6. The smallest absolute Gasteiger partial charge is 0.408 e. The van der Waals surface area contributed by atoms with Crippen molar-refractivity contribution >= 4 is 12.0 Å². The van der Waals surface area contributed by atoms with Crippen molar-refractivity contribution in [3.05, 3.63) is 131 Å². The van der Waals surface area contributed by atoms with Gasteiger partial charge in [0.25, 0.3) is 5.91 Å². The SMILES string of the molecule is CCC[C@H](OC(=O)NCc1ccccc1-c1ccccc1C(=O)NCc1ccc(C)cc1F)c1ccccc1. The molecule has 0 aromatic heterocycles. The Hall–Kier alpha value is -4.45. The van der Waals surface area contributed by atoms with Crippen molar-refractivity contribution in [3.63, 3.8) is 0 Å².